The third kappa shape index (κ3) is 4.77. The summed E-state index contributed by atoms with van der Waals surface area (Å²) >= 11 is 0.852. The molecule has 1 saturated heterocycles. The smallest absolute Gasteiger partial charge is 0.417 e. The van der Waals surface area contributed by atoms with E-state index in [1.165, 1.54) is 12.4 Å². The van der Waals surface area contributed by atoms with Gasteiger partial charge in [0, 0.05) is 44.4 Å². The average Bonchev–Trinajstić information content (AvgIpc) is 3.09. The van der Waals surface area contributed by atoms with Crippen molar-refractivity contribution in [1.29, 1.82) is 0 Å². The summed E-state index contributed by atoms with van der Waals surface area (Å²) in [5, 5.41) is 6.47. The molecule has 0 bridgehead atoms. The Balaban J connectivity index is 1.84. The molecular formula is C19H23F3N4O3S. The standard InChI is InChI=1S/C19H23F3N4O3S/c1-10(2)24-18(28)29-11-4-6-26(7-5-11)14-8-13(19(20,21)22)16-15(25-14)12(9-30-16)17(27)23-3/h8-11H,4-7H2,1-3H3,(H,23,27)(H,24,28). The predicted octanol–water partition coefficient (Wildman–Crippen LogP) is 3.78. The third-order valence-electron chi connectivity index (χ3n) is 4.73. The minimum absolute atomic E-state index is 0.0406. The van der Waals surface area contributed by atoms with Crippen molar-refractivity contribution in [3.8, 4) is 0 Å². The van der Waals surface area contributed by atoms with E-state index in [9.17, 15) is 22.8 Å². The first-order valence-corrected chi connectivity index (χ1v) is 10.4. The number of rotatable bonds is 4. The number of pyridine rings is 1. The second kappa shape index (κ2) is 8.66. The van der Waals surface area contributed by atoms with Crippen LogP contribution < -0.4 is 15.5 Å². The van der Waals surface area contributed by atoms with Crippen LogP contribution in [-0.2, 0) is 10.9 Å². The van der Waals surface area contributed by atoms with Gasteiger partial charge in [-0.2, -0.15) is 13.2 Å². The molecule has 0 atom stereocenters. The zero-order chi connectivity index (χ0) is 22.1. The zero-order valence-electron chi connectivity index (χ0n) is 16.8. The third-order valence-corrected chi connectivity index (χ3v) is 5.74. The van der Waals surface area contributed by atoms with Gasteiger partial charge in [0.15, 0.2) is 0 Å². The van der Waals surface area contributed by atoms with Gasteiger partial charge in [-0.3, -0.25) is 4.79 Å². The van der Waals surface area contributed by atoms with Crippen LogP contribution in [0.25, 0.3) is 10.2 Å². The van der Waals surface area contributed by atoms with Crippen LogP contribution in [-0.4, -0.2) is 49.3 Å². The van der Waals surface area contributed by atoms with Gasteiger partial charge in [0.25, 0.3) is 5.91 Å². The number of hydrogen-bond donors (Lipinski definition) is 2. The maximum absolute atomic E-state index is 13.7. The Bertz CT molecular complexity index is 937. The van der Waals surface area contributed by atoms with Crippen LogP contribution in [0.2, 0.25) is 0 Å². The van der Waals surface area contributed by atoms with E-state index in [1.54, 1.807) is 4.90 Å². The number of thiophene rings is 1. The maximum Gasteiger partial charge on any atom is 0.417 e. The van der Waals surface area contributed by atoms with Crippen molar-refractivity contribution in [2.24, 2.45) is 0 Å². The number of amides is 2. The molecule has 30 heavy (non-hydrogen) atoms. The highest BCUT2D eigenvalue weighted by Gasteiger charge is 2.36. The Morgan fingerprint density at radius 2 is 1.97 bits per heavy atom. The fourth-order valence-corrected chi connectivity index (χ4v) is 4.31. The minimum atomic E-state index is -4.57. The lowest BCUT2D eigenvalue weighted by molar-refractivity contribution is -0.136. The molecule has 164 valence electrons. The lowest BCUT2D eigenvalue weighted by atomic mass is 10.1. The SMILES string of the molecule is CNC(=O)c1csc2c(C(F)(F)F)cc(N3CCC(OC(=O)NC(C)C)CC3)nc12. The quantitative estimate of drug-likeness (QED) is 0.750. The van der Waals surface area contributed by atoms with Crippen LogP contribution in [0.15, 0.2) is 11.4 Å². The van der Waals surface area contributed by atoms with Gasteiger partial charge < -0.3 is 20.3 Å². The largest absolute Gasteiger partial charge is 0.446 e. The van der Waals surface area contributed by atoms with Crippen molar-refractivity contribution in [1.82, 2.24) is 15.6 Å². The first kappa shape index (κ1) is 22.1. The molecule has 2 amide bonds. The van der Waals surface area contributed by atoms with Gasteiger partial charge in [0.05, 0.1) is 21.3 Å². The second-order valence-electron chi connectivity index (χ2n) is 7.32. The number of anilines is 1. The van der Waals surface area contributed by atoms with Gasteiger partial charge in [0.1, 0.15) is 11.9 Å². The average molecular weight is 444 g/mol. The van der Waals surface area contributed by atoms with Gasteiger partial charge in [-0.15, -0.1) is 11.3 Å². The number of piperidine rings is 1. The summed E-state index contributed by atoms with van der Waals surface area (Å²) < 4.78 is 46.3. The number of ether oxygens (including phenoxy) is 1. The number of halogens is 3. The molecule has 0 aliphatic carbocycles. The zero-order valence-corrected chi connectivity index (χ0v) is 17.6. The fourth-order valence-electron chi connectivity index (χ4n) is 3.29. The number of alkyl halides is 3. The number of nitrogens with zero attached hydrogens (tertiary/aromatic N) is 2. The van der Waals surface area contributed by atoms with E-state index >= 15 is 0 Å². The van der Waals surface area contributed by atoms with E-state index in [1.807, 2.05) is 13.8 Å². The summed E-state index contributed by atoms with van der Waals surface area (Å²) in [6.07, 6.45) is -4.45. The fraction of sp³-hybridized carbons (Fsp3) is 0.526. The van der Waals surface area contributed by atoms with E-state index in [0.717, 1.165) is 17.4 Å². The summed E-state index contributed by atoms with van der Waals surface area (Å²) in [5.41, 5.74) is -0.648. The van der Waals surface area contributed by atoms with E-state index in [0.29, 0.717) is 25.9 Å². The Morgan fingerprint density at radius 1 is 1.30 bits per heavy atom. The summed E-state index contributed by atoms with van der Waals surface area (Å²) in [6, 6.07) is 0.980. The molecule has 2 aromatic rings. The summed E-state index contributed by atoms with van der Waals surface area (Å²) in [6.45, 7) is 4.41. The van der Waals surface area contributed by atoms with Gasteiger partial charge in [-0.05, 0) is 19.9 Å². The molecule has 2 aromatic heterocycles. The topological polar surface area (TPSA) is 83.6 Å². The molecule has 0 radical (unpaired) electrons. The molecule has 3 rings (SSSR count). The van der Waals surface area contributed by atoms with Gasteiger partial charge in [-0.25, -0.2) is 9.78 Å². The number of hydrogen-bond acceptors (Lipinski definition) is 6. The van der Waals surface area contributed by atoms with Gasteiger partial charge >= 0.3 is 12.3 Å². The number of alkyl carbamates (subject to hydrolysis) is 1. The molecule has 1 fully saturated rings. The number of nitrogens with one attached hydrogen (secondary N) is 2. The van der Waals surface area contributed by atoms with Crippen LogP contribution in [0.4, 0.5) is 23.8 Å². The summed E-state index contributed by atoms with van der Waals surface area (Å²) in [5.74, 6) is -0.328. The predicted molar refractivity (Wildman–Crippen MR) is 108 cm³/mol. The summed E-state index contributed by atoms with van der Waals surface area (Å²) in [7, 11) is 1.42. The molecule has 0 aromatic carbocycles. The highest BCUT2D eigenvalue weighted by atomic mass is 32.1. The molecule has 2 N–H and O–H groups in total. The molecule has 0 spiro atoms. The molecule has 7 nitrogen and oxygen atoms in total. The van der Waals surface area contributed by atoms with Crippen molar-refractivity contribution in [2.75, 3.05) is 25.0 Å². The first-order chi connectivity index (χ1) is 14.1. The van der Waals surface area contributed by atoms with Crippen molar-refractivity contribution in [2.45, 2.75) is 45.0 Å². The van der Waals surface area contributed by atoms with Gasteiger partial charge in [0.2, 0.25) is 0 Å². The number of fused-ring (bicyclic) bond motifs is 1. The lowest BCUT2D eigenvalue weighted by Crippen LogP contribution is -2.41. The highest BCUT2D eigenvalue weighted by molar-refractivity contribution is 7.17. The van der Waals surface area contributed by atoms with Crippen LogP contribution in [0.3, 0.4) is 0 Å². The van der Waals surface area contributed by atoms with E-state index < -0.39 is 23.7 Å². The Morgan fingerprint density at radius 3 is 2.53 bits per heavy atom. The lowest BCUT2D eigenvalue weighted by Gasteiger charge is -2.33. The van der Waals surface area contributed by atoms with Crippen molar-refractivity contribution in [3.63, 3.8) is 0 Å². The number of carbonyl (C=O) groups is 2. The van der Waals surface area contributed by atoms with Gasteiger partial charge in [-0.1, -0.05) is 0 Å². The molecule has 1 aliphatic rings. The Labute approximate surface area is 175 Å². The Kier molecular flexibility index (Phi) is 6.39. The second-order valence-corrected chi connectivity index (χ2v) is 8.20. The normalized spacial score (nSPS) is 15.5. The van der Waals surface area contributed by atoms with Crippen LogP contribution in [0.1, 0.15) is 42.6 Å². The van der Waals surface area contributed by atoms with E-state index in [4.69, 9.17) is 4.74 Å². The molecule has 3 heterocycles. The monoisotopic (exact) mass is 444 g/mol. The Hall–Kier alpha value is -2.56. The van der Waals surface area contributed by atoms with E-state index in [2.05, 4.69) is 15.6 Å². The van der Waals surface area contributed by atoms with Crippen molar-refractivity contribution >= 4 is 39.4 Å². The van der Waals surface area contributed by atoms with Crippen LogP contribution in [0.5, 0.6) is 0 Å². The molecule has 11 heteroatoms. The highest BCUT2D eigenvalue weighted by Crippen LogP contribution is 2.40. The van der Waals surface area contributed by atoms with Crippen LogP contribution >= 0.6 is 11.3 Å². The molecular weight excluding hydrogens is 421 g/mol. The molecule has 0 unspecified atom stereocenters. The number of carbonyl (C=O) groups excluding carboxylic acids is 2. The minimum Gasteiger partial charge on any atom is -0.446 e. The molecule has 1 aliphatic heterocycles. The van der Waals surface area contributed by atoms with E-state index in [-0.39, 0.29) is 33.7 Å². The van der Waals surface area contributed by atoms with Crippen molar-refractivity contribution < 1.29 is 27.5 Å². The maximum atomic E-state index is 13.7. The van der Waals surface area contributed by atoms with Crippen LogP contribution in [0, 0.1) is 0 Å². The summed E-state index contributed by atoms with van der Waals surface area (Å²) in [4.78, 5) is 29.9. The van der Waals surface area contributed by atoms with Crippen molar-refractivity contribution in [3.05, 3.63) is 22.6 Å². The molecule has 0 saturated carbocycles. The first-order valence-electron chi connectivity index (χ1n) is 9.53. The number of aromatic nitrogens is 1.